The normalized spacial score (nSPS) is 11.2. The summed E-state index contributed by atoms with van der Waals surface area (Å²) in [5.74, 6) is 1.09. The average molecular weight is 291 g/mol. The number of rotatable bonds is 4. The molecule has 0 radical (unpaired) electrons. The van der Waals surface area contributed by atoms with E-state index in [1.54, 1.807) is 0 Å². The highest BCUT2D eigenvalue weighted by molar-refractivity contribution is 6.30. The van der Waals surface area contributed by atoms with Gasteiger partial charge in [-0.05, 0) is 31.9 Å². The number of hydrogen-bond donors (Lipinski definition) is 0. The van der Waals surface area contributed by atoms with Gasteiger partial charge in [-0.3, -0.25) is 0 Å². The van der Waals surface area contributed by atoms with Gasteiger partial charge in [0, 0.05) is 11.1 Å². The van der Waals surface area contributed by atoms with Crippen LogP contribution in [0.15, 0.2) is 30.6 Å². The van der Waals surface area contributed by atoms with Gasteiger partial charge in [0.05, 0.1) is 11.8 Å². The van der Waals surface area contributed by atoms with Crippen LogP contribution in [0.3, 0.4) is 0 Å². The Kier molecular flexibility index (Phi) is 4.61. The molecule has 1 heterocycles. The predicted molar refractivity (Wildman–Crippen MR) is 82.3 cm³/mol. The van der Waals surface area contributed by atoms with Crippen LogP contribution in [0, 0.1) is 0 Å². The van der Waals surface area contributed by atoms with Gasteiger partial charge >= 0.3 is 0 Å². The first-order valence-electron chi connectivity index (χ1n) is 6.76. The molecule has 0 fully saturated rings. The Labute approximate surface area is 125 Å². The van der Waals surface area contributed by atoms with Crippen molar-refractivity contribution in [2.45, 2.75) is 39.7 Å². The first-order valence-corrected chi connectivity index (χ1v) is 7.14. The summed E-state index contributed by atoms with van der Waals surface area (Å²) in [4.78, 5) is 8.48. The summed E-state index contributed by atoms with van der Waals surface area (Å²) < 4.78 is 5.73. The Morgan fingerprint density at radius 1 is 1.10 bits per heavy atom. The monoisotopic (exact) mass is 290 g/mol. The van der Waals surface area contributed by atoms with Crippen molar-refractivity contribution in [1.29, 1.82) is 0 Å². The number of benzene rings is 1. The molecule has 0 bridgehead atoms. The molecule has 0 aliphatic carbocycles. The third-order valence-corrected chi connectivity index (χ3v) is 3.19. The highest BCUT2D eigenvalue weighted by atomic mass is 35.5. The van der Waals surface area contributed by atoms with Gasteiger partial charge in [0.1, 0.15) is 17.2 Å². The van der Waals surface area contributed by atoms with Gasteiger partial charge in [-0.15, -0.1) is 0 Å². The molecule has 0 aliphatic heterocycles. The van der Waals surface area contributed by atoms with Crippen molar-refractivity contribution in [3.8, 4) is 17.0 Å². The van der Waals surface area contributed by atoms with E-state index in [2.05, 4.69) is 23.8 Å². The molecule has 0 atom stereocenters. The summed E-state index contributed by atoms with van der Waals surface area (Å²) in [6.45, 7) is 8.19. The van der Waals surface area contributed by atoms with Crippen molar-refractivity contribution >= 4 is 11.6 Å². The molecule has 1 aromatic heterocycles. The van der Waals surface area contributed by atoms with Gasteiger partial charge in [0.2, 0.25) is 0 Å². The maximum atomic E-state index is 6.22. The molecule has 0 saturated heterocycles. The van der Waals surface area contributed by atoms with E-state index in [9.17, 15) is 0 Å². The first kappa shape index (κ1) is 14.8. The summed E-state index contributed by atoms with van der Waals surface area (Å²) >= 11 is 6.22. The third-order valence-electron chi connectivity index (χ3n) is 2.89. The van der Waals surface area contributed by atoms with Crippen LogP contribution in [0.5, 0.6) is 5.75 Å². The number of nitrogens with zero attached hydrogens (tertiary/aromatic N) is 2. The largest absolute Gasteiger partial charge is 0.491 e. The molecule has 4 heteroatoms. The van der Waals surface area contributed by atoms with E-state index in [1.165, 1.54) is 6.33 Å². The number of ether oxygens (including phenoxy) is 1. The van der Waals surface area contributed by atoms with E-state index in [1.807, 2.05) is 38.1 Å². The number of aromatic nitrogens is 2. The minimum atomic E-state index is 0.142. The average Bonchev–Trinajstić information content (AvgIpc) is 2.37. The van der Waals surface area contributed by atoms with Crippen LogP contribution in [0.25, 0.3) is 11.3 Å². The molecule has 20 heavy (non-hydrogen) atoms. The van der Waals surface area contributed by atoms with E-state index in [0.717, 1.165) is 22.6 Å². The quantitative estimate of drug-likeness (QED) is 0.765. The Hall–Kier alpha value is -1.61. The van der Waals surface area contributed by atoms with Crippen molar-refractivity contribution in [2.24, 2.45) is 0 Å². The van der Waals surface area contributed by atoms with Crippen LogP contribution in [0.2, 0.25) is 5.15 Å². The second kappa shape index (κ2) is 6.23. The van der Waals surface area contributed by atoms with Crippen molar-refractivity contribution < 1.29 is 4.74 Å². The van der Waals surface area contributed by atoms with Crippen LogP contribution in [0.4, 0.5) is 0 Å². The zero-order chi connectivity index (χ0) is 14.7. The second-order valence-corrected chi connectivity index (χ2v) is 5.63. The van der Waals surface area contributed by atoms with Crippen molar-refractivity contribution in [3.05, 3.63) is 41.3 Å². The zero-order valence-corrected chi connectivity index (χ0v) is 13.0. The van der Waals surface area contributed by atoms with Crippen molar-refractivity contribution in [1.82, 2.24) is 9.97 Å². The Morgan fingerprint density at radius 3 is 2.50 bits per heavy atom. The predicted octanol–water partition coefficient (Wildman–Crippen LogP) is 4.71. The lowest BCUT2D eigenvalue weighted by atomic mass is 9.98. The molecule has 0 amide bonds. The molecule has 0 aliphatic rings. The third kappa shape index (κ3) is 3.28. The molecule has 106 valence electrons. The molecule has 0 spiro atoms. The van der Waals surface area contributed by atoms with Gasteiger partial charge in [-0.1, -0.05) is 37.6 Å². The SMILES string of the molecule is CC(C)Oc1cccc(-c2ncnc(Cl)c2C(C)C)c1. The maximum absolute atomic E-state index is 6.22. The summed E-state index contributed by atoms with van der Waals surface area (Å²) in [7, 11) is 0. The highest BCUT2D eigenvalue weighted by Gasteiger charge is 2.15. The van der Waals surface area contributed by atoms with Crippen LogP contribution < -0.4 is 4.74 Å². The molecule has 3 nitrogen and oxygen atoms in total. The van der Waals surface area contributed by atoms with Crippen molar-refractivity contribution in [2.75, 3.05) is 0 Å². The summed E-state index contributed by atoms with van der Waals surface area (Å²) in [5.41, 5.74) is 2.83. The Morgan fingerprint density at radius 2 is 1.85 bits per heavy atom. The Bertz CT molecular complexity index is 597. The summed E-state index contributed by atoms with van der Waals surface area (Å²) in [6, 6.07) is 7.91. The minimum absolute atomic E-state index is 0.142. The lowest BCUT2D eigenvalue weighted by Crippen LogP contribution is -2.05. The van der Waals surface area contributed by atoms with Crippen LogP contribution >= 0.6 is 11.6 Å². The zero-order valence-electron chi connectivity index (χ0n) is 12.2. The fourth-order valence-electron chi connectivity index (χ4n) is 2.10. The number of hydrogen-bond acceptors (Lipinski definition) is 3. The van der Waals surface area contributed by atoms with Crippen LogP contribution in [-0.2, 0) is 0 Å². The minimum Gasteiger partial charge on any atom is -0.491 e. The van der Waals surface area contributed by atoms with E-state index >= 15 is 0 Å². The molecule has 0 saturated carbocycles. The number of halogens is 1. The van der Waals surface area contributed by atoms with Gasteiger partial charge < -0.3 is 4.74 Å². The fourth-order valence-corrected chi connectivity index (χ4v) is 2.46. The van der Waals surface area contributed by atoms with Crippen LogP contribution in [-0.4, -0.2) is 16.1 Å². The Balaban J connectivity index is 2.49. The topological polar surface area (TPSA) is 35.0 Å². The van der Waals surface area contributed by atoms with E-state index < -0.39 is 0 Å². The van der Waals surface area contributed by atoms with E-state index in [4.69, 9.17) is 16.3 Å². The molecular weight excluding hydrogens is 272 g/mol. The molecule has 1 aromatic carbocycles. The smallest absolute Gasteiger partial charge is 0.136 e. The van der Waals surface area contributed by atoms with Gasteiger partial charge in [0.25, 0.3) is 0 Å². The standard InChI is InChI=1S/C16H19ClN2O/c1-10(2)14-15(18-9-19-16(14)17)12-6-5-7-13(8-12)20-11(3)4/h5-11H,1-4H3. The van der Waals surface area contributed by atoms with Crippen molar-refractivity contribution in [3.63, 3.8) is 0 Å². The summed E-state index contributed by atoms with van der Waals surface area (Å²) in [6.07, 6.45) is 1.64. The van der Waals surface area contributed by atoms with E-state index in [0.29, 0.717) is 5.15 Å². The van der Waals surface area contributed by atoms with E-state index in [-0.39, 0.29) is 12.0 Å². The lowest BCUT2D eigenvalue weighted by molar-refractivity contribution is 0.242. The summed E-state index contributed by atoms with van der Waals surface area (Å²) in [5, 5.41) is 0.514. The molecule has 2 aromatic rings. The van der Waals surface area contributed by atoms with Gasteiger partial charge in [-0.2, -0.15) is 0 Å². The molecular formula is C16H19ClN2O. The maximum Gasteiger partial charge on any atom is 0.136 e. The molecule has 0 N–H and O–H groups in total. The van der Waals surface area contributed by atoms with Crippen LogP contribution in [0.1, 0.15) is 39.2 Å². The highest BCUT2D eigenvalue weighted by Crippen LogP contribution is 2.33. The first-order chi connectivity index (χ1) is 9.49. The molecule has 2 rings (SSSR count). The second-order valence-electron chi connectivity index (χ2n) is 5.28. The van der Waals surface area contributed by atoms with Gasteiger partial charge in [0.15, 0.2) is 0 Å². The van der Waals surface area contributed by atoms with Gasteiger partial charge in [-0.25, -0.2) is 9.97 Å². The molecule has 0 unspecified atom stereocenters. The lowest BCUT2D eigenvalue weighted by Gasteiger charge is -2.14. The fraction of sp³-hybridized carbons (Fsp3) is 0.375.